The molecule has 4 heteroatoms. The SMILES string of the molecule is c1ccc(-c2nc3c(ccc4cccc(N(c5ccccc5)c5cccc(-c6cccc7sc8ccccc8c67)c5)c43)o2)cc1. The van der Waals surface area contributed by atoms with Crippen molar-refractivity contribution in [3.8, 4) is 22.6 Å². The van der Waals surface area contributed by atoms with Gasteiger partial charge in [0.1, 0.15) is 5.52 Å². The van der Waals surface area contributed by atoms with Gasteiger partial charge in [0.05, 0.1) is 5.69 Å². The molecule has 0 bridgehead atoms. The molecule has 0 fully saturated rings. The molecule has 0 unspecified atom stereocenters. The first-order valence-electron chi connectivity index (χ1n) is 15.1. The minimum atomic E-state index is 0.622. The molecule has 0 amide bonds. The Morgan fingerprint density at radius 2 is 1.24 bits per heavy atom. The second kappa shape index (κ2) is 10.5. The third-order valence-electron chi connectivity index (χ3n) is 8.47. The number of aromatic nitrogens is 1. The number of fused-ring (bicyclic) bond motifs is 6. The molecule has 2 heterocycles. The summed E-state index contributed by atoms with van der Waals surface area (Å²) in [5.41, 5.74) is 8.21. The zero-order chi connectivity index (χ0) is 29.7. The van der Waals surface area contributed by atoms with Crippen LogP contribution >= 0.6 is 11.3 Å². The molecule has 0 atom stereocenters. The highest BCUT2D eigenvalue weighted by Crippen LogP contribution is 2.44. The molecule has 0 saturated carbocycles. The lowest BCUT2D eigenvalue weighted by Crippen LogP contribution is -2.10. The Morgan fingerprint density at radius 1 is 0.533 bits per heavy atom. The summed E-state index contributed by atoms with van der Waals surface area (Å²) in [7, 11) is 0. The summed E-state index contributed by atoms with van der Waals surface area (Å²) < 4.78 is 8.94. The molecule has 0 aliphatic heterocycles. The third kappa shape index (κ3) is 4.30. The van der Waals surface area contributed by atoms with Crippen molar-refractivity contribution in [3.05, 3.63) is 158 Å². The van der Waals surface area contributed by atoms with E-state index >= 15 is 0 Å². The molecular formula is C41H26N2OS. The molecule has 3 nitrogen and oxygen atoms in total. The summed E-state index contributed by atoms with van der Waals surface area (Å²) in [6.07, 6.45) is 0. The van der Waals surface area contributed by atoms with Crippen LogP contribution in [0.25, 0.3) is 64.6 Å². The summed E-state index contributed by atoms with van der Waals surface area (Å²) in [4.78, 5) is 7.41. The third-order valence-corrected chi connectivity index (χ3v) is 9.61. The molecule has 0 aliphatic carbocycles. The topological polar surface area (TPSA) is 29.3 Å². The van der Waals surface area contributed by atoms with Gasteiger partial charge in [0.25, 0.3) is 0 Å². The molecule has 2 aromatic heterocycles. The van der Waals surface area contributed by atoms with Crippen LogP contribution in [-0.2, 0) is 0 Å². The van der Waals surface area contributed by atoms with Crippen molar-refractivity contribution in [1.29, 1.82) is 0 Å². The number of para-hydroxylation sites is 1. The Bertz CT molecular complexity index is 2500. The van der Waals surface area contributed by atoms with E-state index < -0.39 is 0 Å². The summed E-state index contributed by atoms with van der Waals surface area (Å²) >= 11 is 1.85. The first-order chi connectivity index (χ1) is 22.3. The van der Waals surface area contributed by atoms with Gasteiger partial charge < -0.3 is 9.32 Å². The number of hydrogen-bond acceptors (Lipinski definition) is 4. The highest BCUT2D eigenvalue weighted by Gasteiger charge is 2.20. The van der Waals surface area contributed by atoms with E-state index in [2.05, 4.69) is 126 Å². The quantitative estimate of drug-likeness (QED) is 0.198. The smallest absolute Gasteiger partial charge is 0.227 e. The molecule has 9 aromatic rings. The van der Waals surface area contributed by atoms with E-state index in [0.29, 0.717) is 5.89 Å². The number of nitrogens with zero attached hydrogens (tertiary/aromatic N) is 2. The van der Waals surface area contributed by atoms with Gasteiger partial charge in [0.15, 0.2) is 5.58 Å². The summed E-state index contributed by atoms with van der Waals surface area (Å²) in [5.74, 6) is 0.622. The molecular weight excluding hydrogens is 569 g/mol. The fraction of sp³-hybridized carbons (Fsp3) is 0. The molecule has 0 spiro atoms. The van der Waals surface area contributed by atoms with E-state index in [1.54, 1.807) is 0 Å². The lowest BCUT2D eigenvalue weighted by molar-refractivity contribution is 0.620. The van der Waals surface area contributed by atoms with Gasteiger partial charge >= 0.3 is 0 Å². The van der Waals surface area contributed by atoms with Crippen LogP contribution in [0.2, 0.25) is 0 Å². The number of hydrogen-bond donors (Lipinski definition) is 0. The van der Waals surface area contributed by atoms with E-state index in [1.807, 2.05) is 47.7 Å². The number of benzene rings is 7. The average Bonchev–Trinajstić information content (AvgIpc) is 3.72. The summed E-state index contributed by atoms with van der Waals surface area (Å²) in [5, 5.41) is 4.78. The van der Waals surface area contributed by atoms with E-state index in [0.717, 1.165) is 44.5 Å². The zero-order valence-corrected chi connectivity index (χ0v) is 25.0. The highest BCUT2D eigenvalue weighted by molar-refractivity contribution is 7.25. The fourth-order valence-electron chi connectivity index (χ4n) is 6.47. The van der Waals surface area contributed by atoms with E-state index in [1.165, 1.54) is 31.3 Å². The summed E-state index contributed by atoms with van der Waals surface area (Å²) in [6, 6.07) is 55.5. The Morgan fingerprint density at radius 3 is 2.13 bits per heavy atom. The van der Waals surface area contributed by atoms with Crippen molar-refractivity contribution >= 4 is 70.4 Å². The number of oxazole rings is 1. The Labute approximate surface area is 264 Å². The Balaban J connectivity index is 1.28. The molecule has 9 rings (SSSR count). The maximum absolute atomic E-state index is 6.33. The molecule has 0 N–H and O–H groups in total. The van der Waals surface area contributed by atoms with Crippen LogP contribution in [0.3, 0.4) is 0 Å². The standard InChI is InChI=1S/C41H26N2OS/c1-3-12-28(13-4-1)41-42-40-35(44-41)25-24-27-14-10-21-34(38(27)40)43(30-16-5-2-6-17-30)31-18-9-15-29(26-31)32-20-11-23-37-39(32)33-19-7-8-22-36(33)45-37/h1-26H. The number of anilines is 3. The number of rotatable bonds is 5. The van der Waals surface area contributed by atoms with Gasteiger partial charge in [-0.1, -0.05) is 97.1 Å². The van der Waals surface area contributed by atoms with Gasteiger partial charge in [0.2, 0.25) is 5.89 Å². The van der Waals surface area contributed by atoms with Gasteiger partial charge in [-0.15, -0.1) is 11.3 Å². The van der Waals surface area contributed by atoms with Crippen molar-refractivity contribution in [3.63, 3.8) is 0 Å². The van der Waals surface area contributed by atoms with Crippen LogP contribution < -0.4 is 4.90 Å². The van der Waals surface area contributed by atoms with Gasteiger partial charge in [-0.3, -0.25) is 0 Å². The van der Waals surface area contributed by atoms with Crippen LogP contribution in [0.4, 0.5) is 17.1 Å². The lowest BCUT2D eigenvalue weighted by Gasteiger charge is -2.27. The highest BCUT2D eigenvalue weighted by atomic mass is 32.1. The maximum atomic E-state index is 6.33. The van der Waals surface area contributed by atoms with Gasteiger partial charge in [0, 0.05) is 42.5 Å². The van der Waals surface area contributed by atoms with Crippen LogP contribution in [-0.4, -0.2) is 4.98 Å². The average molecular weight is 595 g/mol. The van der Waals surface area contributed by atoms with E-state index in [-0.39, 0.29) is 0 Å². The molecule has 0 radical (unpaired) electrons. The minimum Gasteiger partial charge on any atom is -0.436 e. The predicted octanol–water partition coefficient (Wildman–Crippen LogP) is 12.2. The first kappa shape index (κ1) is 25.8. The van der Waals surface area contributed by atoms with Crippen molar-refractivity contribution in [1.82, 2.24) is 4.98 Å². The summed E-state index contributed by atoms with van der Waals surface area (Å²) in [6.45, 7) is 0. The van der Waals surface area contributed by atoms with Crippen molar-refractivity contribution in [2.75, 3.05) is 4.90 Å². The molecule has 0 saturated heterocycles. The van der Waals surface area contributed by atoms with Crippen molar-refractivity contribution in [2.24, 2.45) is 0 Å². The van der Waals surface area contributed by atoms with Crippen molar-refractivity contribution in [2.45, 2.75) is 0 Å². The van der Waals surface area contributed by atoms with Crippen LogP contribution in [0.5, 0.6) is 0 Å². The second-order valence-corrected chi connectivity index (χ2v) is 12.3. The zero-order valence-electron chi connectivity index (χ0n) is 24.2. The lowest BCUT2D eigenvalue weighted by atomic mass is 9.98. The van der Waals surface area contributed by atoms with E-state index in [4.69, 9.17) is 9.40 Å². The normalized spacial score (nSPS) is 11.6. The molecule has 45 heavy (non-hydrogen) atoms. The van der Waals surface area contributed by atoms with E-state index in [9.17, 15) is 0 Å². The maximum Gasteiger partial charge on any atom is 0.227 e. The molecule has 0 aliphatic rings. The molecule has 7 aromatic carbocycles. The number of thiophene rings is 1. The van der Waals surface area contributed by atoms with Crippen LogP contribution in [0.1, 0.15) is 0 Å². The van der Waals surface area contributed by atoms with Crippen molar-refractivity contribution < 1.29 is 4.42 Å². The first-order valence-corrected chi connectivity index (χ1v) is 15.9. The largest absolute Gasteiger partial charge is 0.436 e. The fourth-order valence-corrected chi connectivity index (χ4v) is 7.60. The predicted molar refractivity (Wildman–Crippen MR) is 190 cm³/mol. The minimum absolute atomic E-state index is 0.622. The second-order valence-electron chi connectivity index (χ2n) is 11.2. The van der Waals surface area contributed by atoms with Gasteiger partial charge in [-0.25, -0.2) is 4.98 Å². The molecule has 212 valence electrons. The Kier molecular flexibility index (Phi) is 6.00. The van der Waals surface area contributed by atoms with Gasteiger partial charge in [-0.05, 0) is 77.2 Å². The van der Waals surface area contributed by atoms with Gasteiger partial charge in [-0.2, -0.15) is 0 Å². The van der Waals surface area contributed by atoms with Crippen LogP contribution in [0.15, 0.2) is 162 Å². The monoisotopic (exact) mass is 594 g/mol. The Hall–Kier alpha value is -5.71. The van der Waals surface area contributed by atoms with Crippen LogP contribution in [0, 0.1) is 0 Å².